The maximum Gasteiger partial charge on any atom is 0.287 e. The molecule has 19 heavy (non-hydrogen) atoms. The van der Waals surface area contributed by atoms with Gasteiger partial charge in [-0.25, -0.2) is 4.98 Å². The van der Waals surface area contributed by atoms with Crippen molar-refractivity contribution in [2.24, 2.45) is 12.8 Å². The van der Waals surface area contributed by atoms with E-state index in [2.05, 4.69) is 10.3 Å². The lowest BCUT2D eigenvalue weighted by atomic mass is 9.94. The van der Waals surface area contributed by atoms with Crippen LogP contribution in [0.1, 0.15) is 36.3 Å². The molecule has 6 nitrogen and oxygen atoms in total. The van der Waals surface area contributed by atoms with E-state index in [4.69, 9.17) is 10.5 Å². The lowest BCUT2D eigenvalue weighted by molar-refractivity contribution is 0.0267. The summed E-state index contributed by atoms with van der Waals surface area (Å²) in [6, 6.07) is 0.336. The van der Waals surface area contributed by atoms with Crippen molar-refractivity contribution in [3.8, 4) is 0 Å². The van der Waals surface area contributed by atoms with Gasteiger partial charge in [0.1, 0.15) is 0 Å². The third kappa shape index (κ3) is 4.04. The molecular weight excluding hydrogens is 244 g/mol. The van der Waals surface area contributed by atoms with Gasteiger partial charge in [0.25, 0.3) is 5.91 Å². The van der Waals surface area contributed by atoms with Gasteiger partial charge in [-0.05, 0) is 25.7 Å². The van der Waals surface area contributed by atoms with Gasteiger partial charge in [-0.3, -0.25) is 4.79 Å². The molecule has 1 amide bonds. The maximum absolute atomic E-state index is 11.8. The number of hydrogen-bond donors (Lipinski definition) is 2. The van der Waals surface area contributed by atoms with Crippen LogP contribution in [-0.4, -0.2) is 40.8 Å². The monoisotopic (exact) mass is 266 g/mol. The fourth-order valence-corrected chi connectivity index (χ4v) is 2.31. The van der Waals surface area contributed by atoms with E-state index in [0.29, 0.717) is 31.1 Å². The minimum absolute atomic E-state index is 0.165. The Balaban J connectivity index is 1.62. The smallest absolute Gasteiger partial charge is 0.287 e. The zero-order valence-corrected chi connectivity index (χ0v) is 11.3. The number of carbonyl (C=O) groups is 1. The molecule has 1 heterocycles. The molecule has 106 valence electrons. The van der Waals surface area contributed by atoms with Gasteiger partial charge in [0.15, 0.2) is 5.82 Å². The summed E-state index contributed by atoms with van der Waals surface area (Å²) in [6.45, 7) is 1.05. The van der Waals surface area contributed by atoms with E-state index in [1.54, 1.807) is 24.0 Å². The Morgan fingerprint density at radius 1 is 1.53 bits per heavy atom. The van der Waals surface area contributed by atoms with Crippen LogP contribution in [-0.2, 0) is 11.8 Å². The van der Waals surface area contributed by atoms with E-state index in [9.17, 15) is 4.79 Å². The number of imidazole rings is 1. The Kier molecular flexibility index (Phi) is 4.93. The van der Waals surface area contributed by atoms with Crippen molar-refractivity contribution in [3.63, 3.8) is 0 Å². The largest absolute Gasteiger partial charge is 0.376 e. The number of nitrogens with two attached hydrogens (primary N) is 1. The molecule has 1 aliphatic carbocycles. The van der Waals surface area contributed by atoms with Crippen molar-refractivity contribution in [1.82, 2.24) is 14.9 Å². The highest BCUT2D eigenvalue weighted by Crippen LogP contribution is 2.19. The van der Waals surface area contributed by atoms with Gasteiger partial charge in [-0.1, -0.05) is 0 Å². The molecule has 6 heteroatoms. The fraction of sp³-hybridized carbons (Fsp3) is 0.692. The second-order valence-corrected chi connectivity index (χ2v) is 5.03. The zero-order valence-electron chi connectivity index (χ0n) is 11.3. The van der Waals surface area contributed by atoms with Gasteiger partial charge < -0.3 is 20.4 Å². The number of hydrogen-bond acceptors (Lipinski definition) is 4. The average Bonchev–Trinajstić information content (AvgIpc) is 2.83. The minimum Gasteiger partial charge on any atom is -0.376 e. The molecular formula is C13H22N4O2. The lowest BCUT2D eigenvalue weighted by Crippen LogP contribution is -2.33. The summed E-state index contributed by atoms with van der Waals surface area (Å²) >= 11 is 0. The first-order valence-corrected chi connectivity index (χ1v) is 6.79. The van der Waals surface area contributed by atoms with Crippen LogP contribution < -0.4 is 11.1 Å². The highest BCUT2D eigenvalue weighted by Gasteiger charge is 2.18. The van der Waals surface area contributed by atoms with Crippen LogP contribution in [0.4, 0.5) is 0 Å². The average molecular weight is 266 g/mol. The summed E-state index contributed by atoms with van der Waals surface area (Å²) in [5.74, 6) is 0.255. The molecule has 0 aliphatic heterocycles. The molecule has 0 aromatic carbocycles. The number of nitrogens with zero attached hydrogens (tertiary/aromatic N) is 2. The Hall–Kier alpha value is -1.40. The molecule has 1 aliphatic rings. The highest BCUT2D eigenvalue weighted by atomic mass is 16.5. The molecule has 1 saturated carbocycles. The number of rotatable bonds is 5. The molecule has 3 N–H and O–H groups in total. The van der Waals surface area contributed by atoms with Crippen LogP contribution in [0.5, 0.6) is 0 Å². The van der Waals surface area contributed by atoms with Gasteiger partial charge in [0.05, 0.1) is 12.7 Å². The van der Waals surface area contributed by atoms with Crippen LogP contribution in [0, 0.1) is 0 Å². The number of aromatic nitrogens is 2. The predicted octanol–water partition coefficient (Wildman–Crippen LogP) is 0.436. The van der Waals surface area contributed by atoms with Crippen molar-refractivity contribution in [1.29, 1.82) is 0 Å². The molecule has 2 rings (SSSR count). The number of nitrogens with one attached hydrogen (secondary N) is 1. The number of aryl methyl sites for hydroxylation is 1. The van der Waals surface area contributed by atoms with Gasteiger partial charge in [-0.15, -0.1) is 0 Å². The van der Waals surface area contributed by atoms with Gasteiger partial charge in [-0.2, -0.15) is 0 Å². The zero-order chi connectivity index (χ0) is 13.7. The van der Waals surface area contributed by atoms with Crippen LogP contribution >= 0.6 is 0 Å². The fourth-order valence-electron chi connectivity index (χ4n) is 2.31. The number of ether oxygens (including phenoxy) is 1. The van der Waals surface area contributed by atoms with Crippen molar-refractivity contribution in [3.05, 3.63) is 18.2 Å². The Bertz CT molecular complexity index is 411. The molecule has 1 aromatic heterocycles. The van der Waals surface area contributed by atoms with E-state index in [0.717, 1.165) is 25.7 Å². The second kappa shape index (κ2) is 6.68. The van der Waals surface area contributed by atoms with Crippen LogP contribution in [0.15, 0.2) is 12.4 Å². The van der Waals surface area contributed by atoms with E-state index in [1.165, 1.54) is 0 Å². The van der Waals surface area contributed by atoms with Crippen molar-refractivity contribution >= 4 is 5.91 Å². The molecule has 0 atom stereocenters. The van der Waals surface area contributed by atoms with Crippen molar-refractivity contribution < 1.29 is 9.53 Å². The molecule has 0 spiro atoms. The summed E-state index contributed by atoms with van der Waals surface area (Å²) in [5, 5.41) is 2.80. The summed E-state index contributed by atoms with van der Waals surface area (Å²) < 4.78 is 7.42. The van der Waals surface area contributed by atoms with Crippen LogP contribution in [0.25, 0.3) is 0 Å². The van der Waals surface area contributed by atoms with E-state index < -0.39 is 0 Å². The SMILES string of the molecule is Cn1ccnc1C(=O)NCCOC1CCC(N)CC1. The van der Waals surface area contributed by atoms with Gasteiger partial charge in [0, 0.05) is 32.0 Å². The molecule has 0 unspecified atom stereocenters. The molecule has 1 aromatic rings. The molecule has 0 radical (unpaired) electrons. The Morgan fingerprint density at radius 3 is 2.89 bits per heavy atom. The summed E-state index contributed by atoms with van der Waals surface area (Å²) in [7, 11) is 1.80. The minimum atomic E-state index is -0.165. The summed E-state index contributed by atoms with van der Waals surface area (Å²) in [6.07, 6.45) is 7.76. The molecule has 0 bridgehead atoms. The summed E-state index contributed by atoms with van der Waals surface area (Å²) in [5.41, 5.74) is 5.84. The maximum atomic E-state index is 11.8. The van der Waals surface area contributed by atoms with E-state index in [-0.39, 0.29) is 5.91 Å². The highest BCUT2D eigenvalue weighted by molar-refractivity contribution is 5.90. The van der Waals surface area contributed by atoms with Crippen molar-refractivity contribution in [2.75, 3.05) is 13.2 Å². The Morgan fingerprint density at radius 2 is 2.26 bits per heavy atom. The first-order valence-electron chi connectivity index (χ1n) is 6.79. The second-order valence-electron chi connectivity index (χ2n) is 5.03. The van der Waals surface area contributed by atoms with Crippen LogP contribution in [0.3, 0.4) is 0 Å². The van der Waals surface area contributed by atoms with Crippen molar-refractivity contribution in [2.45, 2.75) is 37.8 Å². The quantitative estimate of drug-likeness (QED) is 0.757. The van der Waals surface area contributed by atoms with E-state index >= 15 is 0 Å². The number of amides is 1. The van der Waals surface area contributed by atoms with Crippen LogP contribution in [0.2, 0.25) is 0 Å². The van der Waals surface area contributed by atoms with E-state index in [1.807, 2.05) is 0 Å². The first kappa shape index (κ1) is 14.0. The van der Waals surface area contributed by atoms with Gasteiger partial charge >= 0.3 is 0 Å². The Labute approximate surface area is 113 Å². The predicted molar refractivity (Wildman–Crippen MR) is 71.7 cm³/mol. The third-order valence-corrected chi connectivity index (χ3v) is 3.48. The lowest BCUT2D eigenvalue weighted by Gasteiger charge is -2.26. The summed E-state index contributed by atoms with van der Waals surface area (Å²) in [4.78, 5) is 15.7. The normalized spacial score (nSPS) is 23.3. The van der Waals surface area contributed by atoms with Gasteiger partial charge in [0.2, 0.25) is 0 Å². The first-order chi connectivity index (χ1) is 9.16. The molecule has 1 fully saturated rings. The standard InChI is InChI=1S/C13H22N4O2/c1-17-8-6-15-12(17)13(18)16-7-9-19-11-4-2-10(14)3-5-11/h6,8,10-11H,2-5,7,9,14H2,1H3,(H,16,18). The third-order valence-electron chi connectivity index (χ3n) is 3.48. The number of carbonyl (C=O) groups excluding carboxylic acids is 1. The topological polar surface area (TPSA) is 82.2 Å². The molecule has 0 saturated heterocycles.